The van der Waals surface area contributed by atoms with Crippen molar-refractivity contribution in [1.82, 2.24) is 4.90 Å². The summed E-state index contributed by atoms with van der Waals surface area (Å²) in [5, 5.41) is 0.744. The molecule has 2 aromatic rings. The van der Waals surface area contributed by atoms with E-state index in [2.05, 4.69) is 0 Å². The SMILES string of the molecule is CC1C=C(c2cc(F)cc3ccoc23)CCN1C(=O)OC(C)(C)C. The second kappa shape index (κ2) is 5.96. The van der Waals surface area contributed by atoms with Crippen molar-refractivity contribution < 1.29 is 18.3 Å². The number of benzene rings is 1. The van der Waals surface area contributed by atoms with E-state index >= 15 is 0 Å². The van der Waals surface area contributed by atoms with Gasteiger partial charge in [0.15, 0.2) is 0 Å². The van der Waals surface area contributed by atoms with E-state index in [1.807, 2.05) is 33.8 Å². The molecule has 1 unspecified atom stereocenters. The molecule has 0 saturated heterocycles. The van der Waals surface area contributed by atoms with Crippen molar-refractivity contribution in [3.8, 4) is 0 Å². The largest absolute Gasteiger partial charge is 0.464 e. The van der Waals surface area contributed by atoms with Crippen LogP contribution in [0.3, 0.4) is 0 Å². The second-order valence-electron chi connectivity index (χ2n) is 7.15. The summed E-state index contributed by atoms with van der Waals surface area (Å²) in [6.07, 6.45) is 3.84. The Morgan fingerprint density at radius 2 is 2.12 bits per heavy atom. The van der Waals surface area contributed by atoms with Crippen molar-refractivity contribution in [3.05, 3.63) is 41.9 Å². The molecule has 0 N–H and O–H groups in total. The molecule has 1 amide bonds. The second-order valence-corrected chi connectivity index (χ2v) is 7.15. The van der Waals surface area contributed by atoms with Crippen molar-refractivity contribution in [2.45, 2.75) is 45.8 Å². The molecule has 0 saturated carbocycles. The van der Waals surface area contributed by atoms with Crippen LogP contribution < -0.4 is 0 Å². The van der Waals surface area contributed by atoms with Crippen molar-refractivity contribution in [3.63, 3.8) is 0 Å². The molecule has 0 bridgehead atoms. The summed E-state index contributed by atoms with van der Waals surface area (Å²) in [6.45, 7) is 8.01. The summed E-state index contributed by atoms with van der Waals surface area (Å²) in [5.41, 5.74) is 1.90. The van der Waals surface area contributed by atoms with E-state index in [1.54, 1.807) is 17.2 Å². The Bertz CT molecular complexity index is 801. The van der Waals surface area contributed by atoms with E-state index in [9.17, 15) is 9.18 Å². The standard InChI is InChI=1S/C19H22FNO3/c1-12-9-13(5-7-21(12)18(22)24-19(2,3)4)16-11-15(20)10-14-6-8-23-17(14)16/h6,8-12H,5,7H2,1-4H3. The molecule has 1 aliphatic rings. The van der Waals surface area contributed by atoms with Gasteiger partial charge in [-0.25, -0.2) is 9.18 Å². The Morgan fingerprint density at radius 3 is 2.79 bits per heavy atom. The summed E-state index contributed by atoms with van der Waals surface area (Å²) in [5.74, 6) is -0.290. The molecule has 0 spiro atoms. The van der Waals surface area contributed by atoms with Gasteiger partial charge in [-0.1, -0.05) is 6.08 Å². The zero-order valence-corrected chi connectivity index (χ0v) is 14.4. The number of hydrogen-bond acceptors (Lipinski definition) is 3. The lowest BCUT2D eigenvalue weighted by atomic mass is 9.95. The fraction of sp³-hybridized carbons (Fsp3) is 0.421. The zero-order chi connectivity index (χ0) is 17.5. The molecular formula is C19H22FNO3. The van der Waals surface area contributed by atoms with E-state index in [0.29, 0.717) is 18.5 Å². The van der Waals surface area contributed by atoms with Gasteiger partial charge in [-0.2, -0.15) is 0 Å². The van der Waals surface area contributed by atoms with Crippen molar-refractivity contribution in [1.29, 1.82) is 0 Å². The highest BCUT2D eigenvalue weighted by Gasteiger charge is 2.28. The first-order valence-corrected chi connectivity index (χ1v) is 8.12. The van der Waals surface area contributed by atoms with Crippen LogP contribution in [0.25, 0.3) is 16.5 Å². The van der Waals surface area contributed by atoms with Gasteiger partial charge in [0, 0.05) is 17.5 Å². The van der Waals surface area contributed by atoms with Crippen LogP contribution in [0.2, 0.25) is 0 Å². The summed E-state index contributed by atoms with van der Waals surface area (Å²) in [4.78, 5) is 14.0. The number of nitrogens with zero attached hydrogens (tertiary/aromatic N) is 1. The molecule has 128 valence electrons. The minimum absolute atomic E-state index is 0.128. The fourth-order valence-corrected chi connectivity index (χ4v) is 3.00. The Morgan fingerprint density at radius 1 is 1.38 bits per heavy atom. The summed E-state index contributed by atoms with van der Waals surface area (Å²) >= 11 is 0. The Hall–Kier alpha value is -2.30. The molecule has 0 radical (unpaired) electrons. The molecule has 0 fully saturated rings. The lowest BCUT2D eigenvalue weighted by molar-refractivity contribution is 0.0209. The van der Waals surface area contributed by atoms with Crippen LogP contribution in [0.1, 0.15) is 39.7 Å². The molecule has 1 aromatic carbocycles. The average molecular weight is 331 g/mol. The molecule has 2 heterocycles. The first-order valence-electron chi connectivity index (χ1n) is 8.12. The molecule has 4 nitrogen and oxygen atoms in total. The molecule has 3 rings (SSSR count). The molecule has 5 heteroatoms. The van der Waals surface area contributed by atoms with Crippen LogP contribution >= 0.6 is 0 Å². The highest BCUT2D eigenvalue weighted by atomic mass is 19.1. The van der Waals surface area contributed by atoms with Gasteiger partial charge in [0.25, 0.3) is 0 Å². The molecule has 1 aromatic heterocycles. The third kappa shape index (κ3) is 3.30. The van der Waals surface area contributed by atoms with Crippen LogP contribution in [-0.2, 0) is 4.74 Å². The predicted molar refractivity (Wildman–Crippen MR) is 91.2 cm³/mol. The molecule has 24 heavy (non-hydrogen) atoms. The highest BCUT2D eigenvalue weighted by Crippen LogP contribution is 2.32. The summed E-state index contributed by atoms with van der Waals surface area (Å²) in [7, 11) is 0. The van der Waals surface area contributed by atoms with E-state index < -0.39 is 5.60 Å². The Balaban J connectivity index is 1.88. The van der Waals surface area contributed by atoms with Crippen molar-refractivity contribution in [2.24, 2.45) is 0 Å². The Labute approximate surface area is 140 Å². The lowest BCUT2D eigenvalue weighted by Crippen LogP contribution is -2.43. The molecular weight excluding hydrogens is 309 g/mol. The zero-order valence-electron chi connectivity index (χ0n) is 14.4. The van der Waals surface area contributed by atoms with Gasteiger partial charge in [-0.3, -0.25) is 0 Å². The maximum Gasteiger partial charge on any atom is 0.410 e. The molecule has 1 aliphatic heterocycles. The minimum atomic E-state index is -0.524. The van der Waals surface area contributed by atoms with Crippen LogP contribution in [0.5, 0.6) is 0 Å². The van der Waals surface area contributed by atoms with Gasteiger partial charge in [0.05, 0.1) is 12.3 Å². The maximum atomic E-state index is 13.9. The topological polar surface area (TPSA) is 42.7 Å². The number of furan rings is 1. The van der Waals surface area contributed by atoms with E-state index in [-0.39, 0.29) is 18.0 Å². The highest BCUT2D eigenvalue weighted by molar-refractivity contribution is 5.90. The first kappa shape index (κ1) is 16.6. The van der Waals surface area contributed by atoms with Crippen LogP contribution in [0.15, 0.2) is 35.0 Å². The monoisotopic (exact) mass is 331 g/mol. The predicted octanol–water partition coefficient (Wildman–Crippen LogP) is 4.98. The van der Waals surface area contributed by atoms with Crippen LogP contribution in [0, 0.1) is 5.82 Å². The number of carbonyl (C=O) groups excluding carboxylic acids is 1. The number of carbonyl (C=O) groups is 1. The number of hydrogen-bond donors (Lipinski definition) is 0. The third-order valence-corrected chi connectivity index (χ3v) is 4.05. The quantitative estimate of drug-likeness (QED) is 0.740. The number of halogens is 1. The van der Waals surface area contributed by atoms with E-state index in [4.69, 9.17) is 9.15 Å². The van der Waals surface area contributed by atoms with Gasteiger partial charge in [0.1, 0.15) is 17.0 Å². The van der Waals surface area contributed by atoms with Crippen LogP contribution in [0.4, 0.5) is 9.18 Å². The number of ether oxygens (including phenoxy) is 1. The smallest absolute Gasteiger partial charge is 0.410 e. The number of rotatable bonds is 1. The molecule has 0 aliphatic carbocycles. The van der Waals surface area contributed by atoms with Crippen LogP contribution in [-0.4, -0.2) is 29.2 Å². The summed E-state index contributed by atoms with van der Waals surface area (Å²) in [6, 6.07) is 4.58. The van der Waals surface area contributed by atoms with Crippen molar-refractivity contribution in [2.75, 3.05) is 6.54 Å². The summed E-state index contributed by atoms with van der Waals surface area (Å²) < 4.78 is 24.8. The minimum Gasteiger partial charge on any atom is -0.464 e. The lowest BCUT2D eigenvalue weighted by Gasteiger charge is -2.34. The molecule has 1 atom stereocenters. The Kier molecular flexibility index (Phi) is 4.11. The third-order valence-electron chi connectivity index (χ3n) is 4.05. The fourth-order valence-electron chi connectivity index (χ4n) is 3.00. The van der Waals surface area contributed by atoms with Gasteiger partial charge in [-0.05, 0) is 57.9 Å². The normalized spacial score (nSPS) is 18.6. The van der Waals surface area contributed by atoms with Gasteiger partial charge in [0.2, 0.25) is 0 Å². The van der Waals surface area contributed by atoms with E-state index in [0.717, 1.165) is 16.5 Å². The van der Waals surface area contributed by atoms with Gasteiger partial charge < -0.3 is 14.1 Å². The first-order chi connectivity index (χ1) is 11.2. The maximum absolute atomic E-state index is 13.9. The average Bonchev–Trinajstić information content (AvgIpc) is 2.92. The van der Waals surface area contributed by atoms with Gasteiger partial charge in [-0.15, -0.1) is 0 Å². The van der Waals surface area contributed by atoms with E-state index in [1.165, 1.54) is 12.1 Å². The number of amides is 1. The van der Waals surface area contributed by atoms with Gasteiger partial charge >= 0.3 is 6.09 Å². The van der Waals surface area contributed by atoms with Crippen molar-refractivity contribution >= 4 is 22.6 Å². The number of fused-ring (bicyclic) bond motifs is 1.